The number of hydrogen-bond donors (Lipinski definition) is 0. The van der Waals surface area contributed by atoms with E-state index in [2.05, 4.69) is 11.9 Å². The molecule has 1 heterocycles. The molecule has 0 aliphatic carbocycles. The number of pyridine rings is 1. The normalized spacial score (nSPS) is 10.7. The predicted molar refractivity (Wildman–Crippen MR) is 93.9 cm³/mol. The Morgan fingerprint density at radius 3 is 2.73 bits per heavy atom. The van der Waals surface area contributed by atoms with Crippen LogP contribution in [0, 0.1) is 0 Å². The summed E-state index contributed by atoms with van der Waals surface area (Å²) in [6.45, 7) is 2.73. The van der Waals surface area contributed by atoms with Crippen LogP contribution in [0.2, 0.25) is 10.2 Å². The molecule has 0 amide bonds. The van der Waals surface area contributed by atoms with Gasteiger partial charge >= 0.3 is 5.97 Å². The molecule has 0 N–H and O–H groups in total. The molecule has 1 rings (SSSR count). The second-order valence-corrected chi connectivity index (χ2v) is 6.87. The average molecular weight is 364 g/mol. The lowest BCUT2D eigenvalue weighted by Crippen LogP contribution is -2.06. The minimum Gasteiger partial charge on any atom is -0.466 e. The van der Waals surface area contributed by atoms with Crippen molar-refractivity contribution in [2.45, 2.75) is 56.8 Å². The molecule has 0 unspecified atom stereocenters. The number of nitrogens with zero attached hydrogens (tertiary/aromatic N) is 1. The van der Waals surface area contributed by atoms with Crippen LogP contribution in [0.3, 0.4) is 0 Å². The molecule has 0 saturated carbocycles. The third-order valence-electron chi connectivity index (χ3n) is 3.14. The summed E-state index contributed by atoms with van der Waals surface area (Å²) in [6, 6.07) is 1.79. The summed E-state index contributed by atoms with van der Waals surface area (Å²) >= 11 is 13.4. The summed E-state index contributed by atoms with van der Waals surface area (Å²) in [5, 5.41) is 0.729. The molecule has 0 spiro atoms. The van der Waals surface area contributed by atoms with Gasteiger partial charge in [0.25, 0.3) is 0 Å². The van der Waals surface area contributed by atoms with Gasteiger partial charge in [0, 0.05) is 16.8 Å². The van der Waals surface area contributed by atoms with Gasteiger partial charge in [0.2, 0.25) is 0 Å². The highest BCUT2D eigenvalue weighted by Gasteiger charge is 2.08. The molecule has 0 atom stereocenters. The molecule has 0 bridgehead atoms. The number of thioether (sulfide) groups is 1. The topological polar surface area (TPSA) is 39.2 Å². The fourth-order valence-corrected chi connectivity index (χ4v) is 3.26. The standard InChI is InChI=1S/C16H23Cl2NO2S/c1-2-3-4-5-6-7-11-21-14(20)9-12-22-13-8-10-19-16(18)15(13)17/h8,10H,2-7,9,11-12H2,1H3. The van der Waals surface area contributed by atoms with Crippen molar-refractivity contribution >= 4 is 40.9 Å². The molecular weight excluding hydrogens is 341 g/mol. The smallest absolute Gasteiger partial charge is 0.306 e. The van der Waals surface area contributed by atoms with Crippen LogP contribution in [0.1, 0.15) is 51.9 Å². The molecule has 0 aliphatic rings. The lowest BCUT2D eigenvalue weighted by Gasteiger charge is -2.06. The monoisotopic (exact) mass is 363 g/mol. The largest absolute Gasteiger partial charge is 0.466 e. The van der Waals surface area contributed by atoms with Gasteiger partial charge in [0.05, 0.1) is 18.1 Å². The summed E-state index contributed by atoms with van der Waals surface area (Å²) < 4.78 is 5.22. The van der Waals surface area contributed by atoms with Gasteiger partial charge in [-0.05, 0) is 12.5 Å². The number of rotatable bonds is 11. The molecule has 0 aliphatic heterocycles. The number of hydrogen-bond acceptors (Lipinski definition) is 4. The van der Waals surface area contributed by atoms with Gasteiger partial charge in [-0.25, -0.2) is 4.98 Å². The highest BCUT2D eigenvalue weighted by atomic mass is 35.5. The Hall–Kier alpha value is -0.450. The second-order valence-electron chi connectivity index (χ2n) is 5.00. The summed E-state index contributed by atoms with van der Waals surface area (Å²) in [5.74, 6) is 0.465. The van der Waals surface area contributed by atoms with Gasteiger partial charge in [-0.2, -0.15) is 0 Å². The first-order chi connectivity index (χ1) is 10.6. The maximum absolute atomic E-state index is 11.6. The minimum atomic E-state index is -0.155. The van der Waals surface area contributed by atoms with E-state index in [9.17, 15) is 4.79 Å². The van der Waals surface area contributed by atoms with Gasteiger partial charge in [-0.1, -0.05) is 62.2 Å². The first-order valence-corrected chi connectivity index (χ1v) is 9.47. The van der Waals surface area contributed by atoms with Crippen LogP contribution in [0.15, 0.2) is 17.2 Å². The van der Waals surface area contributed by atoms with Crippen LogP contribution in [0.25, 0.3) is 0 Å². The van der Waals surface area contributed by atoms with Crippen LogP contribution < -0.4 is 0 Å². The van der Waals surface area contributed by atoms with Crippen molar-refractivity contribution in [3.8, 4) is 0 Å². The third-order valence-corrected chi connectivity index (χ3v) is 5.07. The predicted octanol–water partition coefficient (Wildman–Crippen LogP) is 5.77. The summed E-state index contributed by atoms with van der Waals surface area (Å²) in [6.07, 6.45) is 9.10. The highest BCUT2D eigenvalue weighted by Crippen LogP contribution is 2.31. The zero-order chi connectivity index (χ0) is 16.2. The van der Waals surface area contributed by atoms with E-state index in [1.807, 2.05) is 0 Å². The maximum Gasteiger partial charge on any atom is 0.306 e. The Morgan fingerprint density at radius 1 is 1.23 bits per heavy atom. The third kappa shape index (κ3) is 8.25. The van der Waals surface area contributed by atoms with E-state index in [0.717, 1.165) is 17.7 Å². The van der Waals surface area contributed by atoms with Crippen molar-refractivity contribution in [2.75, 3.05) is 12.4 Å². The van der Waals surface area contributed by atoms with E-state index in [-0.39, 0.29) is 11.1 Å². The quantitative estimate of drug-likeness (QED) is 0.216. The Labute approximate surface area is 147 Å². The lowest BCUT2D eigenvalue weighted by atomic mass is 10.1. The second kappa shape index (κ2) is 12.0. The molecular formula is C16H23Cl2NO2S. The van der Waals surface area contributed by atoms with E-state index in [1.54, 1.807) is 12.3 Å². The summed E-state index contributed by atoms with van der Waals surface area (Å²) in [7, 11) is 0. The number of unbranched alkanes of at least 4 members (excludes halogenated alkanes) is 5. The number of aromatic nitrogens is 1. The number of halogens is 2. The molecule has 3 nitrogen and oxygen atoms in total. The van der Waals surface area contributed by atoms with E-state index >= 15 is 0 Å². The van der Waals surface area contributed by atoms with Crippen molar-refractivity contribution in [1.29, 1.82) is 0 Å². The fraction of sp³-hybridized carbons (Fsp3) is 0.625. The lowest BCUT2D eigenvalue weighted by molar-refractivity contribution is -0.143. The Kier molecular flexibility index (Phi) is 10.7. The molecule has 0 fully saturated rings. The van der Waals surface area contributed by atoms with Crippen molar-refractivity contribution in [1.82, 2.24) is 4.98 Å². The molecule has 0 aromatic carbocycles. The minimum absolute atomic E-state index is 0.155. The number of carbonyl (C=O) groups is 1. The SMILES string of the molecule is CCCCCCCCOC(=O)CCSc1ccnc(Cl)c1Cl. The Morgan fingerprint density at radius 2 is 1.95 bits per heavy atom. The highest BCUT2D eigenvalue weighted by molar-refractivity contribution is 7.99. The molecule has 1 aromatic rings. The van der Waals surface area contributed by atoms with Crippen LogP contribution in [0.5, 0.6) is 0 Å². The fourth-order valence-electron chi connectivity index (χ4n) is 1.90. The number of ether oxygens (including phenoxy) is 1. The van der Waals surface area contributed by atoms with Crippen LogP contribution >= 0.6 is 35.0 Å². The average Bonchev–Trinajstić information content (AvgIpc) is 2.50. The van der Waals surface area contributed by atoms with Gasteiger partial charge in [-0.3, -0.25) is 4.79 Å². The molecule has 0 radical (unpaired) electrons. The van der Waals surface area contributed by atoms with Crippen molar-refractivity contribution in [3.63, 3.8) is 0 Å². The van der Waals surface area contributed by atoms with Gasteiger partial charge in [-0.15, -0.1) is 11.8 Å². The summed E-state index contributed by atoms with van der Waals surface area (Å²) in [5.41, 5.74) is 0. The van der Waals surface area contributed by atoms with E-state index in [1.165, 1.54) is 37.4 Å². The van der Waals surface area contributed by atoms with Crippen LogP contribution in [-0.2, 0) is 9.53 Å². The van der Waals surface area contributed by atoms with Crippen LogP contribution in [-0.4, -0.2) is 23.3 Å². The Bertz CT molecular complexity index is 458. The summed E-state index contributed by atoms with van der Waals surface area (Å²) in [4.78, 5) is 16.3. The molecule has 124 valence electrons. The number of esters is 1. The maximum atomic E-state index is 11.6. The van der Waals surface area contributed by atoms with Crippen LogP contribution in [0.4, 0.5) is 0 Å². The first-order valence-electron chi connectivity index (χ1n) is 7.73. The van der Waals surface area contributed by atoms with E-state index < -0.39 is 0 Å². The van der Waals surface area contributed by atoms with Crippen molar-refractivity contribution in [2.24, 2.45) is 0 Å². The number of carbonyl (C=O) groups excluding carboxylic acids is 1. The van der Waals surface area contributed by atoms with Crippen molar-refractivity contribution < 1.29 is 9.53 Å². The zero-order valence-electron chi connectivity index (χ0n) is 12.9. The Balaban J connectivity index is 2.07. The zero-order valence-corrected chi connectivity index (χ0v) is 15.3. The van der Waals surface area contributed by atoms with E-state index in [0.29, 0.717) is 23.8 Å². The molecule has 22 heavy (non-hydrogen) atoms. The van der Waals surface area contributed by atoms with E-state index in [4.69, 9.17) is 27.9 Å². The molecule has 1 aromatic heterocycles. The van der Waals surface area contributed by atoms with Gasteiger partial charge < -0.3 is 4.74 Å². The first kappa shape index (κ1) is 19.6. The van der Waals surface area contributed by atoms with Crippen molar-refractivity contribution in [3.05, 3.63) is 22.4 Å². The molecule has 0 saturated heterocycles. The van der Waals surface area contributed by atoms with Gasteiger partial charge in [0.1, 0.15) is 5.15 Å². The van der Waals surface area contributed by atoms with Gasteiger partial charge in [0.15, 0.2) is 0 Å². The molecule has 6 heteroatoms.